The summed E-state index contributed by atoms with van der Waals surface area (Å²) in [5.41, 5.74) is 9.58. The molecule has 0 aliphatic carbocycles. The van der Waals surface area contributed by atoms with Crippen LogP contribution in [0.1, 0.15) is 27.9 Å². The van der Waals surface area contributed by atoms with Gasteiger partial charge < -0.3 is 15.4 Å². The van der Waals surface area contributed by atoms with Crippen molar-refractivity contribution in [2.75, 3.05) is 4.90 Å². The first-order valence-corrected chi connectivity index (χ1v) is 9.59. The summed E-state index contributed by atoms with van der Waals surface area (Å²) in [6.07, 6.45) is 0. The molecule has 1 amide bonds. The van der Waals surface area contributed by atoms with Crippen molar-refractivity contribution in [3.05, 3.63) is 87.9 Å². The van der Waals surface area contributed by atoms with Gasteiger partial charge in [-0.25, -0.2) is 0 Å². The fraction of sp³-hybridized carbons (Fsp3) is 0.174. The van der Waals surface area contributed by atoms with Crippen LogP contribution in [0.4, 0.5) is 5.69 Å². The first-order chi connectivity index (χ1) is 14.5. The number of anilines is 1. The molecular weight excluding hydrogens is 378 g/mol. The Labute approximate surface area is 173 Å². The van der Waals surface area contributed by atoms with Crippen LogP contribution in [-0.2, 0) is 16.8 Å². The SMILES string of the molecule is Cc1cccc(CN2C(=O)C3(C(C#N)=C(N)Oc4n[nH]c(C)c43)c3ccccc32)c1. The third-order valence-electron chi connectivity index (χ3n) is 5.82. The first-order valence-electron chi connectivity index (χ1n) is 9.59. The van der Waals surface area contributed by atoms with E-state index < -0.39 is 5.41 Å². The summed E-state index contributed by atoms with van der Waals surface area (Å²) < 4.78 is 5.60. The maximum Gasteiger partial charge on any atom is 0.248 e. The van der Waals surface area contributed by atoms with Gasteiger partial charge in [0.15, 0.2) is 0 Å². The lowest BCUT2D eigenvalue weighted by Crippen LogP contribution is -2.45. The third kappa shape index (κ3) is 2.19. The summed E-state index contributed by atoms with van der Waals surface area (Å²) in [5.74, 6) is -0.111. The van der Waals surface area contributed by atoms with Gasteiger partial charge in [0.25, 0.3) is 0 Å². The van der Waals surface area contributed by atoms with Crippen LogP contribution >= 0.6 is 0 Å². The number of nitriles is 1. The van der Waals surface area contributed by atoms with Gasteiger partial charge in [0.1, 0.15) is 17.1 Å². The van der Waals surface area contributed by atoms with Crippen molar-refractivity contribution in [1.82, 2.24) is 10.2 Å². The largest absolute Gasteiger partial charge is 0.420 e. The number of nitrogens with two attached hydrogens (primary N) is 1. The van der Waals surface area contributed by atoms with Crippen LogP contribution in [0.15, 0.2) is 60.0 Å². The molecule has 30 heavy (non-hydrogen) atoms. The van der Waals surface area contributed by atoms with Gasteiger partial charge in [-0.3, -0.25) is 9.89 Å². The molecule has 7 heteroatoms. The Hall–Kier alpha value is -4.05. The van der Waals surface area contributed by atoms with Gasteiger partial charge in [0.05, 0.1) is 12.1 Å². The molecule has 0 saturated carbocycles. The smallest absolute Gasteiger partial charge is 0.248 e. The van der Waals surface area contributed by atoms with Crippen LogP contribution in [-0.4, -0.2) is 16.1 Å². The van der Waals surface area contributed by atoms with Crippen LogP contribution in [0.5, 0.6) is 5.88 Å². The number of benzene rings is 2. The average molecular weight is 397 g/mol. The molecule has 2 aliphatic rings. The van der Waals surface area contributed by atoms with Crippen molar-refractivity contribution in [2.45, 2.75) is 25.8 Å². The van der Waals surface area contributed by atoms with Gasteiger partial charge in [0, 0.05) is 16.9 Å². The first kappa shape index (κ1) is 18.0. The second-order valence-electron chi connectivity index (χ2n) is 7.63. The van der Waals surface area contributed by atoms with Crippen molar-refractivity contribution >= 4 is 11.6 Å². The quantitative estimate of drug-likeness (QED) is 0.691. The summed E-state index contributed by atoms with van der Waals surface area (Å²) in [6, 6.07) is 17.7. The van der Waals surface area contributed by atoms with E-state index in [-0.39, 0.29) is 23.2 Å². The molecular formula is C23H19N5O2. The molecule has 148 valence electrons. The van der Waals surface area contributed by atoms with Gasteiger partial charge in [-0.15, -0.1) is 5.10 Å². The number of amides is 1. The number of nitrogens with one attached hydrogen (secondary N) is 1. The highest BCUT2D eigenvalue weighted by Gasteiger charge is 2.60. The van der Waals surface area contributed by atoms with Crippen LogP contribution in [0, 0.1) is 25.2 Å². The minimum atomic E-state index is -1.39. The lowest BCUT2D eigenvalue weighted by molar-refractivity contribution is -0.121. The van der Waals surface area contributed by atoms with Gasteiger partial charge in [0.2, 0.25) is 17.7 Å². The van der Waals surface area contributed by atoms with E-state index in [1.807, 2.05) is 56.3 Å². The number of ether oxygens (including phenoxy) is 1. The summed E-state index contributed by atoms with van der Waals surface area (Å²) in [5, 5.41) is 17.1. The van der Waals surface area contributed by atoms with Crippen molar-refractivity contribution in [2.24, 2.45) is 5.73 Å². The van der Waals surface area contributed by atoms with Crippen molar-refractivity contribution < 1.29 is 9.53 Å². The Morgan fingerprint density at radius 3 is 2.80 bits per heavy atom. The molecule has 1 aromatic heterocycles. The Morgan fingerprint density at radius 2 is 2.03 bits per heavy atom. The fourth-order valence-corrected chi connectivity index (χ4v) is 4.61. The summed E-state index contributed by atoms with van der Waals surface area (Å²) in [6.45, 7) is 4.21. The number of nitrogens with zero attached hydrogens (tertiary/aromatic N) is 3. The number of fused-ring (bicyclic) bond motifs is 4. The molecule has 0 radical (unpaired) electrons. The standard InChI is InChI=1S/C23H19N5O2/c1-13-6-5-7-15(10-13)12-28-18-9-4-3-8-16(18)23(22(28)29)17(11-24)20(25)30-21-19(23)14(2)26-27-21/h3-10H,12,25H2,1-2H3,(H,26,27). The Morgan fingerprint density at radius 1 is 1.23 bits per heavy atom. The zero-order chi connectivity index (χ0) is 21.0. The molecule has 1 atom stereocenters. The van der Waals surface area contributed by atoms with E-state index >= 15 is 0 Å². The molecule has 1 unspecified atom stereocenters. The Bertz CT molecular complexity index is 1280. The molecule has 0 fully saturated rings. The minimum absolute atomic E-state index is 0.0868. The number of hydrogen-bond donors (Lipinski definition) is 2. The molecule has 7 nitrogen and oxygen atoms in total. The number of carbonyl (C=O) groups is 1. The van der Waals surface area contributed by atoms with E-state index in [1.54, 1.807) is 4.90 Å². The van der Waals surface area contributed by atoms with E-state index in [0.29, 0.717) is 23.4 Å². The molecule has 3 heterocycles. The molecule has 0 bridgehead atoms. The molecule has 2 aromatic carbocycles. The maximum absolute atomic E-state index is 14.1. The normalized spacial score (nSPS) is 19.5. The van der Waals surface area contributed by atoms with E-state index in [4.69, 9.17) is 10.5 Å². The van der Waals surface area contributed by atoms with Gasteiger partial charge in [-0.05, 0) is 25.5 Å². The third-order valence-corrected chi connectivity index (χ3v) is 5.82. The monoisotopic (exact) mass is 397 g/mol. The Balaban J connectivity index is 1.78. The molecule has 3 aromatic rings. The summed E-state index contributed by atoms with van der Waals surface area (Å²) in [4.78, 5) is 15.9. The van der Waals surface area contributed by atoms with Gasteiger partial charge in [-0.1, -0.05) is 48.0 Å². The van der Waals surface area contributed by atoms with E-state index in [0.717, 1.165) is 16.8 Å². The average Bonchev–Trinajstić information content (AvgIpc) is 3.20. The molecule has 3 N–H and O–H groups in total. The fourth-order valence-electron chi connectivity index (χ4n) is 4.61. The van der Waals surface area contributed by atoms with Crippen molar-refractivity contribution in [3.8, 4) is 11.9 Å². The maximum atomic E-state index is 14.1. The van der Waals surface area contributed by atoms with Crippen LogP contribution in [0.3, 0.4) is 0 Å². The summed E-state index contributed by atoms with van der Waals surface area (Å²) in [7, 11) is 0. The lowest BCUT2D eigenvalue weighted by atomic mass is 9.69. The lowest BCUT2D eigenvalue weighted by Gasteiger charge is -2.32. The van der Waals surface area contributed by atoms with E-state index in [2.05, 4.69) is 22.3 Å². The minimum Gasteiger partial charge on any atom is -0.420 e. The topological polar surface area (TPSA) is 108 Å². The molecule has 0 saturated heterocycles. The highest BCUT2D eigenvalue weighted by Crippen LogP contribution is 2.55. The Kier molecular flexibility index (Phi) is 3.74. The van der Waals surface area contributed by atoms with Crippen LogP contribution < -0.4 is 15.4 Å². The molecule has 1 spiro atoms. The number of rotatable bonds is 2. The number of para-hydroxylation sites is 1. The number of aromatic nitrogens is 2. The number of aryl methyl sites for hydroxylation is 2. The molecule has 2 aliphatic heterocycles. The van der Waals surface area contributed by atoms with Gasteiger partial charge >= 0.3 is 0 Å². The number of carbonyl (C=O) groups excluding carboxylic acids is 1. The number of H-pyrrole nitrogens is 1. The molecule has 5 rings (SSSR count). The predicted molar refractivity (Wildman–Crippen MR) is 110 cm³/mol. The zero-order valence-corrected chi connectivity index (χ0v) is 16.6. The van der Waals surface area contributed by atoms with E-state index in [1.165, 1.54) is 0 Å². The van der Waals surface area contributed by atoms with E-state index in [9.17, 15) is 10.1 Å². The van der Waals surface area contributed by atoms with Gasteiger partial charge in [-0.2, -0.15) is 5.26 Å². The number of hydrogen-bond acceptors (Lipinski definition) is 5. The van der Waals surface area contributed by atoms with Crippen LogP contribution in [0.2, 0.25) is 0 Å². The second kappa shape index (κ2) is 6.22. The zero-order valence-electron chi connectivity index (χ0n) is 16.6. The predicted octanol–water partition coefficient (Wildman–Crippen LogP) is 2.95. The number of aromatic amines is 1. The second-order valence-corrected chi connectivity index (χ2v) is 7.63. The highest BCUT2D eigenvalue weighted by atomic mass is 16.5. The summed E-state index contributed by atoms with van der Waals surface area (Å²) >= 11 is 0. The van der Waals surface area contributed by atoms with Crippen molar-refractivity contribution in [1.29, 1.82) is 5.26 Å². The highest BCUT2D eigenvalue weighted by molar-refractivity contribution is 6.14. The van der Waals surface area contributed by atoms with Crippen LogP contribution in [0.25, 0.3) is 0 Å². The van der Waals surface area contributed by atoms with Crippen molar-refractivity contribution in [3.63, 3.8) is 0 Å².